The van der Waals surface area contributed by atoms with Gasteiger partial charge in [-0.25, -0.2) is 4.79 Å². The first-order valence-corrected chi connectivity index (χ1v) is 9.98. The number of unbranched alkanes of at least 4 members (excludes halogenated alkanes) is 1. The lowest BCUT2D eigenvalue weighted by Gasteiger charge is -2.23. The van der Waals surface area contributed by atoms with Gasteiger partial charge in [-0.05, 0) is 41.8 Å². The van der Waals surface area contributed by atoms with E-state index < -0.39 is 0 Å². The SMILES string of the molecule is CCCC[C@H](N)COC(=O)N(Cc1ccc(OC)cc1)Cc1ccc(OC)cc1. The van der Waals surface area contributed by atoms with E-state index in [1.165, 1.54) is 0 Å². The Morgan fingerprint density at radius 2 is 1.41 bits per heavy atom. The predicted molar refractivity (Wildman–Crippen MR) is 114 cm³/mol. The standard InChI is InChI=1S/C23H32N2O4/c1-4-5-6-20(24)17-29-23(26)25(15-18-7-11-21(27-2)12-8-18)16-19-9-13-22(28-3)14-10-19/h7-14,20H,4-6,15-17,24H2,1-3H3/t20-/m0/s1. The van der Waals surface area contributed by atoms with Gasteiger partial charge in [-0.15, -0.1) is 0 Å². The smallest absolute Gasteiger partial charge is 0.410 e. The molecule has 2 aromatic carbocycles. The van der Waals surface area contributed by atoms with Gasteiger partial charge in [0.2, 0.25) is 0 Å². The van der Waals surface area contributed by atoms with Crippen molar-refractivity contribution in [2.24, 2.45) is 5.73 Å². The molecule has 0 bridgehead atoms. The second-order valence-electron chi connectivity index (χ2n) is 7.03. The molecular formula is C23H32N2O4. The number of benzene rings is 2. The largest absolute Gasteiger partial charge is 0.497 e. The van der Waals surface area contributed by atoms with Crippen LogP contribution in [0.3, 0.4) is 0 Å². The molecule has 2 N–H and O–H groups in total. The number of carbonyl (C=O) groups excluding carboxylic acids is 1. The summed E-state index contributed by atoms with van der Waals surface area (Å²) in [6, 6.07) is 15.2. The summed E-state index contributed by atoms with van der Waals surface area (Å²) in [4.78, 5) is 14.5. The second-order valence-corrected chi connectivity index (χ2v) is 7.03. The maximum atomic E-state index is 12.8. The van der Waals surface area contributed by atoms with Crippen molar-refractivity contribution >= 4 is 6.09 Å². The zero-order valence-electron chi connectivity index (χ0n) is 17.6. The third kappa shape index (κ3) is 7.66. The van der Waals surface area contributed by atoms with Gasteiger partial charge in [-0.3, -0.25) is 4.90 Å². The molecule has 158 valence electrons. The van der Waals surface area contributed by atoms with Crippen molar-refractivity contribution in [1.29, 1.82) is 0 Å². The van der Waals surface area contributed by atoms with Crippen LogP contribution in [0.1, 0.15) is 37.3 Å². The van der Waals surface area contributed by atoms with Crippen molar-refractivity contribution in [2.45, 2.75) is 45.3 Å². The highest BCUT2D eigenvalue weighted by molar-refractivity contribution is 5.67. The van der Waals surface area contributed by atoms with Crippen LogP contribution in [0.2, 0.25) is 0 Å². The van der Waals surface area contributed by atoms with E-state index in [1.54, 1.807) is 19.1 Å². The van der Waals surface area contributed by atoms with Crippen molar-refractivity contribution in [2.75, 3.05) is 20.8 Å². The van der Waals surface area contributed by atoms with E-state index in [0.29, 0.717) is 13.1 Å². The lowest BCUT2D eigenvalue weighted by Crippen LogP contribution is -2.35. The zero-order chi connectivity index (χ0) is 21.1. The fraction of sp³-hybridized carbons (Fsp3) is 0.435. The molecule has 0 radical (unpaired) electrons. The molecule has 1 amide bonds. The molecule has 0 aliphatic rings. The highest BCUT2D eigenvalue weighted by atomic mass is 16.6. The number of nitrogens with zero attached hydrogens (tertiary/aromatic N) is 1. The fourth-order valence-corrected chi connectivity index (χ4v) is 2.91. The molecule has 0 aliphatic heterocycles. The van der Waals surface area contributed by atoms with Crippen LogP contribution in [0.15, 0.2) is 48.5 Å². The van der Waals surface area contributed by atoms with Crippen molar-refractivity contribution in [3.05, 3.63) is 59.7 Å². The lowest BCUT2D eigenvalue weighted by molar-refractivity contribution is 0.0907. The summed E-state index contributed by atoms with van der Waals surface area (Å²) in [5.74, 6) is 1.56. The zero-order valence-corrected chi connectivity index (χ0v) is 17.6. The average molecular weight is 401 g/mol. The van der Waals surface area contributed by atoms with Crippen LogP contribution in [-0.4, -0.2) is 37.9 Å². The van der Waals surface area contributed by atoms with Gasteiger partial charge in [-0.1, -0.05) is 44.0 Å². The number of rotatable bonds is 11. The van der Waals surface area contributed by atoms with Gasteiger partial charge in [0.05, 0.1) is 14.2 Å². The van der Waals surface area contributed by atoms with E-state index in [0.717, 1.165) is 41.9 Å². The Labute approximate surface area is 173 Å². The molecule has 6 heteroatoms. The van der Waals surface area contributed by atoms with Crippen molar-refractivity contribution in [1.82, 2.24) is 4.90 Å². The molecular weight excluding hydrogens is 368 g/mol. The summed E-state index contributed by atoms with van der Waals surface area (Å²) in [6.45, 7) is 3.20. The molecule has 29 heavy (non-hydrogen) atoms. The van der Waals surface area contributed by atoms with Gasteiger partial charge in [0.15, 0.2) is 0 Å². The summed E-state index contributed by atoms with van der Waals surface area (Å²) >= 11 is 0. The van der Waals surface area contributed by atoms with Gasteiger partial charge in [0.25, 0.3) is 0 Å². The van der Waals surface area contributed by atoms with Gasteiger partial charge < -0.3 is 19.9 Å². The Balaban J connectivity index is 2.06. The molecule has 1 atom stereocenters. The molecule has 0 aliphatic carbocycles. The van der Waals surface area contributed by atoms with Crippen LogP contribution >= 0.6 is 0 Å². The average Bonchev–Trinajstić information content (AvgIpc) is 2.76. The summed E-state index contributed by atoms with van der Waals surface area (Å²) in [6.07, 6.45) is 2.58. The van der Waals surface area contributed by atoms with E-state index >= 15 is 0 Å². The van der Waals surface area contributed by atoms with Gasteiger partial charge in [0.1, 0.15) is 18.1 Å². The maximum absolute atomic E-state index is 12.8. The minimum atomic E-state index is -0.372. The predicted octanol–water partition coefficient (Wildman–Crippen LogP) is 4.36. The molecule has 0 saturated heterocycles. The lowest BCUT2D eigenvalue weighted by atomic mass is 10.1. The topological polar surface area (TPSA) is 74.0 Å². The molecule has 0 unspecified atom stereocenters. The highest BCUT2D eigenvalue weighted by Gasteiger charge is 2.18. The molecule has 6 nitrogen and oxygen atoms in total. The number of hydrogen-bond donors (Lipinski definition) is 1. The number of ether oxygens (including phenoxy) is 3. The molecule has 0 saturated carbocycles. The van der Waals surface area contributed by atoms with E-state index in [-0.39, 0.29) is 18.7 Å². The molecule has 0 fully saturated rings. The molecule has 2 rings (SSSR count). The quantitative estimate of drug-likeness (QED) is 0.607. The molecule has 0 heterocycles. The monoisotopic (exact) mass is 400 g/mol. The van der Waals surface area contributed by atoms with Crippen LogP contribution in [0, 0.1) is 0 Å². The van der Waals surface area contributed by atoms with Crippen molar-refractivity contribution in [3.8, 4) is 11.5 Å². The highest BCUT2D eigenvalue weighted by Crippen LogP contribution is 2.17. The van der Waals surface area contributed by atoms with Gasteiger partial charge >= 0.3 is 6.09 Å². The van der Waals surface area contributed by atoms with Crippen LogP contribution in [0.4, 0.5) is 4.79 Å². The molecule has 2 aromatic rings. The summed E-state index contributed by atoms with van der Waals surface area (Å²) in [5.41, 5.74) is 8.04. The number of hydrogen-bond acceptors (Lipinski definition) is 5. The first kappa shape index (κ1) is 22.6. The number of nitrogens with two attached hydrogens (primary N) is 1. The Morgan fingerprint density at radius 1 is 0.931 bits per heavy atom. The Kier molecular flexibility index (Phi) is 9.31. The summed E-state index contributed by atoms with van der Waals surface area (Å²) in [7, 11) is 3.26. The maximum Gasteiger partial charge on any atom is 0.410 e. The van der Waals surface area contributed by atoms with Crippen LogP contribution in [-0.2, 0) is 17.8 Å². The van der Waals surface area contributed by atoms with E-state index in [9.17, 15) is 4.79 Å². The Hall–Kier alpha value is -2.73. The van der Waals surface area contributed by atoms with Gasteiger partial charge in [-0.2, -0.15) is 0 Å². The Morgan fingerprint density at radius 3 is 1.83 bits per heavy atom. The summed E-state index contributed by atoms with van der Waals surface area (Å²) in [5, 5.41) is 0. The van der Waals surface area contributed by atoms with Crippen molar-refractivity contribution in [3.63, 3.8) is 0 Å². The number of amides is 1. The fourth-order valence-electron chi connectivity index (χ4n) is 2.91. The van der Waals surface area contributed by atoms with Crippen LogP contribution in [0.5, 0.6) is 11.5 Å². The minimum Gasteiger partial charge on any atom is -0.497 e. The first-order valence-electron chi connectivity index (χ1n) is 9.98. The first-order chi connectivity index (χ1) is 14.0. The van der Waals surface area contributed by atoms with Crippen LogP contribution < -0.4 is 15.2 Å². The third-order valence-electron chi connectivity index (χ3n) is 4.67. The van der Waals surface area contributed by atoms with E-state index in [2.05, 4.69) is 6.92 Å². The minimum absolute atomic E-state index is 0.136. The third-order valence-corrected chi connectivity index (χ3v) is 4.67. The molecule has 0 aromatic heterocycles. The molecule has 0 spiro atoms. The summed E-state index contributed by atoms with van der Waals surface area (Å²) < 4.78 is 15.9. The van der Waals surface area contributed by atoms with E-state index in [1.807, 2.05) is 48.5 Å². The normalized spacial score (nSPS) is 11.6. The Bertz CT molecular complexity index is 682. The van der Waals surface area contributed by atoms with Crippen molar-refractivity contribution < 1.29 is 19.0 Å². The number of methoxy groups -OCH3 is 2. The van der Waals surface area contributed by atoms with E-state index in [4.69, 9.17) is 19.9 Å². The number of carbonyl (C=O) groups is 1. The van der Waals surface area contributed by atoms with Gasteiger partial charge in [0, 0.05) is 19.1 Å². The second kappa shape index (κ2) is 12.0. The van der Waals surface area contributed by atoms with Crippen LogP contribution in [0.25, 0.3) is 0 Å².